The van der Waals surface area contributed by atoms with Crippen LogP contribution in [0.5, 0.6) is 5.75 Å². The molecule has 8 nitrogen and oxygen atoms in total. The van der Waals surface area contributed by atoms with E-state index in [0.29, 0.717) is 11.4 Å². The maximum Gasteiger partial charge on any atom is 0.244 e. The summed E-state index contributed by atoms with van der Waals surface area (Å²) < 4.78 is 32.0. The van der Waals surface area contributed by atoms with Crippen molar-refractivity contribution in [2.75, 3.05) is 24.2 Å². The number of rotatable bonds is 10. The van der Waals surface area contributed by atoms with Crippen molar-refractivity contribution in [3.05, 3.63) is 59.7 Å². The van der Waals surface area contributed by atoms with Gasteiger partial charge in [0.25, 0.3) is 0 Å². The van der Waals surface area contributed by atoms with Gasteiger partial charge >= 0.3 is 0 Å². The standard InChI is InChI=1S/C30H43N3O5S/c1-22(29(35)31-25-10-8-7-9-11-25)32(20-23-12-18-27(38-5)19-13-23)28(34)21-33(39(6,36)37)26-16-14-24(15-17-26)30(2,3)4/h12-19,22,25H,7-11,20-21H2,1-6H3,(H,31,35). The van der Waals surface area contributed by atoms with Gasteiger partial charge in [0, 0.05) is 12.6 Å². The van der Waals surface area contributed by atoms with Gasteiger partial charge in [0.05, 0.1) is 19.1 Å². The highest BCUT2D eigenvalue weighted by Crippen LogP contribution is 2.26. The number of ether oxygens (including phenoxy) is 1. The summed E-state index contributed by atoms with van der Waals surface area (Å²) in [6.07, 6.45) is 6.26. The van der Waals surface area contributed by atoms with Crippen molar-refractivity contribution in [3.63, 3.8) is 0 Å². The molecule has 1 saturated carbocycles. The summed E-state index contributed by atoms with van der Waals surface area (Å²) in [6, 6.07) is 13.8. The first-order chi connectivity index (χ1) is 18.3. The van der Waals surface area contributed by atoms with Gasteiger partial charge in [-0.2, -0.15) is 0 Å². The Morgan fingerprint density at radius 2 is 1.59 bits per heavy atom. The van der Waals surface area contributed by atoms with Gasteiger partial charge in [0.2, 0.25) is 21.8 Å². The van der Waals surface area contributed by atoms with Crippen LogP contribution < -0.4 is 14.4 Å². The van der Waals surface area contributed by atoms with Gasteiger partial charge in [-0.25, -0.2) is 8.42 Å². The molecule has 2 amide bonds. The quantitative estimate of drug-likeness (QED) is 0.460. The van der Waals surface area contributed by atoms with Crippen molar-refractivity contribution in [2.24, 2.45) is 0 Å². The van der Waals surface area contributed by atoms with Crippen LogP contribution in [0.15, 0.2) is 48.5 Å². The van der Waals surface area contributed by atoms with Crippen molar-refractivity contribution >= 4 is 27.5 Å². The number of methoxy groups -OCH3 is 1. The van der Waals surface area contributed by atoms with Crippen molar-refractivity contribution < 1.29 is 22.7 Å². The fourth-order valence-electron chi connectivity index (χ4n) is 4.82. The molecule has 0 saturated heterocycles. The molecule has 0 bridgehead atoms. The first kappa shape index (κ1) is 30.5. The van der Waals surface area contributed by atoms with E-state index in [2.05, 4.69) is 26.1 Å². The molecule has 0 heterocycles. The summed E-state index contributed by atoms with van der Waals surface area (Å²) in [7, 11) is -2.20. The monoisotopic (exact) mass is 557 g/mol. The van der Waals surface area contributed by atoms with Crippen LogP contribution >= 0.6 is 0 Å². The molecule has 0 spiro atoms. The number of hydrogen-bond donors (Lipinski definition) is 1. The summed E-state index contributed by atoms with van der Waals surface area (Å²) in [5.41, 5.74) is 2.17. The molecular weight excluding hydrogens is 514 g/mol. The normalized spacial score (nSPS) is 15.3. The third-order valence-corrected chi connectivity index (χ3v) is 8.47. The van der Waals surface area contributed by atoms with E-state index in [-0.39, 0.29) is 23.9 Å². The third kappa shape index (κ3) is 8.46. The predicted octanol–water partition coefficient (Wildman–Crippen LogP) is 4.62. The van der Waals surface area contributed by atoms with Crippen LogP contribution in [0, 0.1) is 0 Å². The number of carbonyl (C=O) groups excluding carboxylic acids is 2. The van der Waals surface area contributed by atoms with Crippen molar-refractivity contribution in [1.29, 1.82) is 0 Å². The van der Waals surface area contributed by atoms with Crippen LogP contribution in [-0.2, 0) is 31.6 Å². The molecule has 0 aliphatic heterocycles. The summed E-state index contributed by atoms with van der Waals surface area (Å²) in [4.78, 5) is 28.5. The summed E-state index contributed by atoms with van der Waals surface area (Å²) >= 11 is 0. The zero-order chi connectivity index (χ0) is 28.8. The van der Waals surface area contributed by atoms with E-state index in [4.69, 9.17) is 4.74 Å². The van der Waals surface area contributed by atoms with E-state index >= 15 is 0 Å². The van der Waals surface area contributed by atoms with E-state index in [1.54, 1.807) is 38.3 Å². The van der Waals surface area contributed by atoms with E-state index < -0.39 is 28.5 Å². The topological polar surface area (TPSA) is 96.0 Å². The smallest absolute Gasteiger partial charge is 0.244 e. The highest BCUT2D eigenvalue weighted by atomic mass is 32.2. The number of anilines is 1. The summed E-state index contributed by atoms with van der Waals surface area (Å²) in [6.45, 7) is 7.68. The average Bonchev–Trinajstić information content (AvgIpc) is 2.89. The molecule has 1 aliphatic carbocycles. The van der Waals surface area contributed by atoms with Crippen LogP contribution in [0.3, 0.4) is 0 Å². The van der Waals surface area contributed by atoms with Crippen molar-refractivity contribution in [3.8, 4) is 5.75 Å². The fourth-order valence-corrected chi connectivity index (χ4v) is 5.67. The van der Waals surface area contributed by atoms with Crippen LogP contribution in [0.1, 0.15) is 70.9 Å². The van der Waals surface area contributed by atoms with Gasteiger partial charge in [-0.05, 0) is 60.6 Å². The number of nitrogens with zero attached hydrogens (tertiary/aromatic N) is 2. The largest absolute Gasteiger partial charge is 0.497 e. The first-order valence-electron chi connectivity index (χ1n) is 13.6. The SMILES string of the molecule is COc1ccc(CN(C(=O)CN(c2ccc(C(C)(C)C)cc2)S(C)(=O)=O)C(C)C(=O)NC2CCCCC2)cc1. The fraction of sp³-hybridized carbons (Fsp3) is 0.533. The van der Waals surface area contributed by atoms with Crippen LogP contribution in [0.4, 0.5) is 5.69 Å². The molecule has 2 aromatic carbocycles. The maximum atomic E-state index is 13.8. The number of benzene rings is 2. The van der Waals surface area contributed by atoms with Gasteiger partial charge in [0.1, 0.15) is 18.3 Å². The maximum absolute atomic E-state index is 13.8. The summed E-state index contributed by atoms with van der Waals surface area (Å²) in [5.74, 6) is -0.00620. The molecule has 3 rings (SSSR count). The Morgan fingerprint density at radius 1 is 1.00 bits per heavy atom. The van der Waals surface area contributed by atoms with E-state index in [0.717, 1.165) is 47.4 Å². The van der Waals surface area contributed by atoms with E-state index in [9.17, 15) is 18.0 Å². The number of hydrogen-bond acceptors (Lipinski definition) is 5. The Balaban J connectivity index is 1.87. The van der Waals surface area contributed by atoms with E-state index in [1.807, 2.05) is 24.3 Å². The third-order valence-electron chi connectivity index (χ3n) is 7.33. The lowest BCUT2D eigenvalue weighted by atomic mass is 9.87. The predicted molar refractivity (Wildman–Crippen MR) is 155 cm³/mol. The Labute approximate surface area is 233 Å². The number of carbonyl (C=O) groups is 2. The lowest BCUT2D eigenvalue weighted by Crippen LogP contribution is -2.52. The molecule has 1 N–H and O–H groups in total. The number of sulfonamides is 1. The molecule has 0 aromatic heterocycles. The average molecular weight is 558 g/mol. The molecule has 1 unspecified atom stereocenters. The second-order valence-electron chi connectivity index (χ2n) is 11.5. The lowest BCUT2D eigenvalue weighted by molar-refractivity contribution is -0.139. The Morgan fingerprint density at radius 3 is 2.10 bits per heavy atom. The highest BCUT2D eigenvalue weighted by molar-refractivity contribution is 7.92. The molecule has 39 heavy (non-hydrogen) atoms. The Kier molecular flexibility index (Phi) is 10.0. The van der Waals surface area contributed by atoms with Gasteiger partial charge in [-0.15, -0.1) is 0 Å². The minimum absolute atomic E-state index is 0.0967. The van der Waals surface area contributed by atoms with Gasteiger partial charge in [-0.1, -0.05) is 64.3 Å². The zero-order valence-electron chi connectivity index (χ0n) is 24.1. The van der Waals surface area contributed by atoms with Crippen molar-refractivity contribution in [2.45, 2.75) is 83.8 Å². The molecule has 1 atom stereocenters. The molecular formula is C30H43N3O5S. The Hall–Kier alpha value is -3.07. The number of amides is 2. The van der Waals surface area contributed by atoms with Crippen LogP contribution in [0.2, 0.25) is 0 Å². The summed E-state index contributed by atoms with van der Waals surface area (Å²) in [5, 5.41) is 3.11. The van der Waals surface area contributed by atoms with Gasteiger partial charge in [-0.3, -0.25) is 13.9 Å². The van der Waals surface area contributed by atoms with Crippen LogP contribution in [0.25, 0.3) is 0 Å². The minimum Gasteiger partial charge on any atom is -0.497 e. The van der Waals surface area contributed by atoms with Crippen molar-refractivity contribution in [1.82, 2.24) is 10.2 Å². The lowest BCUT2D eigenvalue weighted by Gasteiger charge is -2.33. The molecule has 1 aliphatic rings. The molecule has 2 aromatic rings. The van der Waals surface area contributed by atoms with Crippen LogP contribution in [-0.4, -0.2) is 57.1 Å². The molecule has 214 valence electrons. The molecule has 0 radical (unpaired) electrons. The second kappa shape index (κ2) is 12.9. The van der Waals surface area contributed by atoms with Gasteiger partial charge in [0.15, 0.2) is 0 Å². The molecule has 9 heteroatoms. The van der Waals surface area contributed by atoms with Gasteiger partial charge < -0.3 is 15.0 Å². The molecule has 1 fully saturated rings. The van der Waals surface area contributed by atoms with E-state index in [1.165, 1.54) is 11.3 Å². The Bertz CT molecular complexity index is 1210. The second-order valence-corrected chi connectivity index (χ2v) is 13.4. The highest BCUT2D eigenvalue weighted by Gasteiger charge is 2.31. The first-order valence-corrected chi connectivity index (χ1v) is 15.5. The number of nitrogens with one attached hydrogen (secondary N) is 1. The minimum atomic E-state index is -3.78. The zero-order valence-corrected chi connectivity index (χ0v) is 24.9.